The van der Waals surface area contributed by atoms with Gasteiger partial charge in [-0.3, -0.25) is 9.78 Å². The van der Waals surface area contributed by atoms with Crippen LogP contribution in [0.3, 0.4) is 0 Å². The van der Waals surface area contributed by atoms with Crippen molar-refractivity contribution in [1.82, 2.24) is 15.0 Å². The van der Waals surface area contributed by atoms with Gasteiger partial charge < -0.3 is 10.6 Å². The molecule has 0 radical (unpaired) electrons. The third kappa shape index (κ3) is 4.55. The lowest BCUT2D eigenvalue weighted by atomic mass is 10.1. The summed E-state index contributed by atoms with van der Waals surface area (Å²) in [6.45, 7) is 1.99. The van der Waals surface area contributed by atoms with Crippen LogP contribution in [0.2, 0.25) is 0 Å². The fourth-order valence-electron chi connectivity index (χ4n) is 3.59. The minimum atomic E-state index is -0.161. The van der Waals surface area contributed by atoms with Gasteiger partial charge in [0.15, 0.2) is 0 Å². The fraction of sp³-hybridized carbons (Fsp3) is 0.0370. The van der Waals surface area contributed by atoms with Gasteiger partial charge in [0, 0.05) is 41.1 Å². The summed E-state index contributed by atoms with van der Waals surface area (Å²) in [5.74, 6) is 0.317. The Morgan fingerprint density at radius 1 is 0.818 bits per heavy atom. The molecule has 0 spiro atoms. The zero-order valence-corrected chi connectivity index (χ0v) is 18.0. The smallest absolute Gasteiger partial charge is 0.255 e. The summed E-state index contributed by atoms with van der Waals surface area (Å²) < 4.78 is 0. The summed E-state index contributed by atoms with van der Waals surface area (Å²) in [7, 11) is 0. The lowest BCUT2D eigenvalue weighted by molar-refractivity contribution is 0.102. The molecule has 0 aliphatic rings. The quantitative estimate of drug-likeness (QED) is 0.357. The average molecular weight is 431 g/mol. The Morgan fingerprint density at radius 3 is 2.48 bits per heavy atom. The number of aromatic nitrogens is 3. The summed E-state index contributed by atoms with van der Waals surface area (Å²) in [6.07, 6.45) is 5.18. The van der Waals surface area contributed by atoms with Crippen molar-refractivity contribution in [3.8, 4) is 11.3 Å². The molecule has 2 N–H and O–H groups in total. The van der Waals surface area contributed by atoms with Crippen LogP contribution in [-0.2, 0) is 0 Å². The summed E-state index contributed by atoms with van der Waals surface area (Å²) >= 11 is 0. The van der Waals surface area contributed by atoms with E-state index in [9.17, 15) is 4.79 Å². The fourth-order valence-corrected chi connectivity index (χ4v) is 3.59. The Balaban J connectivity index is 1.36. The van der Waals surface area contributed by atoms with E-state index >= 15 is 0 Å². The normalized spacial score (nSPS) is 10.7. The van der Waals surface area contributed by atoms with Crippen LogP contribution in [0.25, 0.3) is 22.0 Å². The largest absolute Gasteiger partial charge is 0.324 e. The van der Waals surface area contributed by atoms with Gasteiger partial charge in [0.2, 0.25) is 5.95 Å². The number of rotatable bonds is 5. The molecule has 1 amide bonds. The van der Waals surface area contributed by atoms with Crippen LogP contribution < -0.4 is 10.6 Å². The first-order chi connectivity index (χ1) is 16.2. The second-order valence-corrected chi connectivity index (χ2v) is 7.67. The maximum atomic E-state index is 12.9. The topological polar surface area (TPSA) is 79.8 Å². The van der Waals surface area contributed by atoms with E-state index in [1.807, 2.05) is 85.8 Å². The standard InChI is InChI=1S/C27H21N5O/c1-18-6-9-23(30-26(33)22-8-7-19-4-2-3-5-21(19)16-22)17-25(18)32-27-29-15-12-24(31-27)20-10-13-28-14-11-20/h2-17H,1H3,(H,30,33)(H,29,31,32). The Morgan fingerprint density at radius 2 is 1.64 bits per heavy atom. The van der Waals surface area contributed by atoms with Crippen LogP contribution in [0.15, 0.2) is 97.5 Å². The Hall–Kier alpha value is -4.58. The molecule has 0 bridgehead atoms. The van der Waals surface area contributed by atoms with Gasteiger partial charge in [0.25, 0.3) is 5.91 Å². The molecule has 0 saturated carbocycles. The summed E-state index contributed by atoms with van der Waals surface area (Å²) in [5, 5.41) is 8.39. The predicted octanol–water partition coefficient (Wildman–Crippen LogP) is 6.00. The number of amides is 1. The average Bonchev–Trinajstić information content (AvgIpc) is 2.86. The molecular formula is C27H21N5O. The van der Waals surface area contributed by atoms with Crippen molar-refractivity contribution in [3.05, 3.63) is 109 Å². The zero-order valence-electron chi connectivity index (χ0n) is 18.0. The third-order valence-corrected chi connectivity index (χ3v) is 5.39. The molecule has 5 rings (SSSR count). The number of benzene rings is 3. The minimum Gasteiger partial charge on any atom is -0.324 e. The Kier molecular flexibility index (Phi) is 5.47. The number of carbonyl (C=O) groups excluding carboxylic acids is 1. The van der Waals surface area contributed by atoms with Crippen molar-refractivity contribution in [2.75, 3.05) is 10.6 Å². The lowest BCUT2D eigenvalue weighted by Gasteiger charge is -2.12. The molecular weight excluding hydrogens is 410 g/mol. The van der Waals surface area contributed by atoms with E-state index in [-0.39, 0.29) is 5.91 Å². The Bertz CT molecular complexity index is 1450. The summed E-state index contributed by atoms with van der Waals surface area (Å²) in [6, 6.07) is 25.1. The molecule has 6 heteroatoms. The van der Waals surface area contributed by atoms with Gasteiger partial charge in [-0.15, -0.1) is 0 Å². The van der Waals surface area contributed by atoms with E-state index in [0.29, 0.717) is 17.2 Å². The van der Waals surface area contributed by atoms with Gasteiger partial charge in [-0.25, -0.2) is 9.97 Å². The van der Waals surface area contributed by atoms with Crippen LogP contribution in [0.1, 0.15) is 15.9 Å². The first-order valence-electron chi connectivity index (χ1n) is 10.6. The van der Waals surface area contributed by atoms with Gasteiger partial charge in [-0.2, -0.15) is 0 Å². The van der Waals surface area contributed by atoms with E-state index in [1.165, 1.54) is 0 Å². The first kappa shape index (κ1) is 20.3. The molecule has 0 unspecified atom stereocenters. The number of fused-ring (bicyclic) bond motifs is 1. The van der Waals surface area contributed by atoms with E-state index in [4.69, 9.17) is 0 Å². The highest BCUT2D eigenvalue weighted by atomic mass is 16.1. The molecule has 0 saturated heterocycles. The van der Waals surface area contributed by atoms with Crippen molar-refractivity contribution < 1.29 is 4.79 Å². The van der Waals surface area contributed by atoms with Crippen molar-refractivity contribution in [2.24, 2.45) is 0 Å². The van der Waals surface area contributed by atoms with Gasteiger partial charge >= 0.3 is 0 Å². The van der Waals surface area contributed by atoms with Crippen LogP contribution in [0.4, 0.5) is 17.3 Å². The number of hydrogen-bond acceptors (Lipinski definition) is 5. The SMILES string of the molecule is Cc1ccc(NC(=O)c2ccc3ccccc3c2)cc1Nc1nccc(-c2ccncc2)n1. The second-order valence-electron chi connectivity index (χ2n) is 7.67. The summed E-state index contributed by atoms with van der Waals surface area (Å²) in [5.41, 5.74) is 4.88. The van der Waals surface area contributed by atoms with Crippen LogP contribution in [0, 0.1) is 6.92 Å². The van der Waals surface area contributed by atoms with Crippen molar-refractivity contribution in [2.45, 2.75) is 6.92 Å². The van der Waals surface area contributed by atoms with E-state index in [2.05, 4.69) is 25.6 Å². The van der Waals surface area contributed by atoms with E-state index in [0.717, 1.165) is 33.3 Å². The van der Waals surface area contributed by atoms with Crippen molar-refractivity contribution >= 4 is 34.0 Å². The molecule has 0 aliphatic carbocycles. The monoisotopic (exact) mass is 431 g/mol. The summed E-state index contributed by atoms with van der Waals surface area (Å²) in [4.78, 5) is 25.9. The number of hydrogen-bond donors (Lipinski definition) is 2. The van der Waals surface area contributed by atoms with Gasteiger partial charge in [-0.05, 0) is 65.7 Å². The highest BCUT2D eigenvalue weighted by molar-refractivity contribution is 6.06. The molecule has 3 aromatic carbocycles. The zero-order chi connectivity index (χ0) is 22.6. The molecule has 5 aromatic rings. The van der Waals surface area contributed by atoms with E-state index < -0.39 is 0 Å². The molecule has 0 atom stereocenters. The third-order valence-electron chi connectivity index (χ3n) is 5.39. The number of anilines is 3. The molecule has 2 aromatic heterocycles. The lowest BCUT2D eigenvalue weighted by Crippen LogP contribution is -2.12. The van der Waals surface area contributed by atoms with E-state index in [1.54, 1.807) is 18.6 Å². The van der Waals surface area contributed by atoms with Crippen LogP contribution in [0.5, 0.6) is 0 Å². The number of nitrogens with zero attached hydrogens (tertiary/aromatic N) is 3. The van der Waals surface area contributed by atoms with Crippen LogP contribution in [-0.4, -0.2) is 20.9 Å². The van der Waals surface area contributed by atoms with Crippen molar-refractivity contribution in [3.63, 3.8) is 0 Å². The predicted molar refractivity (Wildman–Crippen MR) is 132 cm³/mol. The van der Waals surface area contributed by atoms with Crippen molar-refractivity contribution in [1.29, 1.82) is 0 Å². The van der Waals surface area contributed by atoms with Gasteiger partial charge in [0.1, 0.15) is 0 Å². The number of pyridine rings is 1. The first-order valence-corrected chi connectivity index (χ1v) is 10.6. The highest BCUT2D eigenvalue weighted by Crippen LogP contribution is 2.25. The van der Waals surface area contributed by atoms with Gasteiger partial charge in [-0.1, -0.05) is 36.4 Å². The molecule has 6 nitrogen and oxygen atoms in total. The number of carbonyl (C=O) groups is 1. The maximum Gasteiger partial charge on any atom is 0.255 e. The molecule has 2 heterocycles. The van der Waals surface area contributed by atoms with Crippen LogP contribution >= 0.6 is 0 Å². The van der Waals surface area contributed by atoms with Gasteiger partial charge in [0.05, 0.1) is 5.69 Å². The molecule has 0 fully saturated rings. The number of nitrogens with one attached hydrogen (secondary N) is 2. The minimum absolute atomic E-state index is 0.161. The molecule has 33 heavy (non-hydrogen) atoms. The molecule has 160 valence electrons. The Labute approximate surface area is 191 Å². The second kappa shape index (κ2) is 8.88. The maximum absolute atomic E-state index is 12.9. The molecule has 0 aliphatic heterocycles. The number of aryl methyl sites for hydroxylation is 1. The highest BCUT2D eigenvalue weighted by Gasteiger charge is 2.10.